The highest BCUT2D eigenvalue weighted by atomic mass is 32.2. The van der Waals surface area contributed by atoms with Gasteiger partial charge in [0, 0.05) is 18.7 Å². The van der Waals surface area contributed by atoms with Crippen LogP contribution >= 0.6 is 24.0 Å². The van der Waals surface area contributed by atoms with E-state index < -0.39 is 5.41 Å². The first-order valence-corrected chi connectivity index (χ1v) is 8.09. The molecular formula is C13H21NO4S2. The molecule has 0 saturated carbocycles. The van der Waals surface area contributed by atoms with Crippen molar-refractivity contribution in [2.45, 2.75) is 33.1 Å². The van der Waals surface area contributed by atoms with Crippen molar-refractivity contribution in [2.24, 2.45) is 5.41 Å². The smallest absolute Gasteiger partial charge is 0.312 e. The number of hydrogen-bond donors (Lipinski definition) is 1. The van der Waals surface area contributed by atoms with Crippen molar-refractivity contribution < 1.29 is 19.4 Å². The molecule has 0 aromatic carbocycles. The van der Waals surface area contributed by atoms with Crippen molar-refractivity contribution in [3.8, 4) is 0 Å². The Balaban J connectivity index is 2.53. The van der Waals surface area contributed by atoms with Gasteiger partial charge < -0.3 is 9.84 Å². The van der Waals surface area contributed by atoms with Crippen LogP contribution in [0.2, 0.25) is 0 Å². The summed E-state index contributed by atoms with van der Waals surface area (Å²) in [5.74, 6) is 0.191. The summed E-state index contributed by atoms with van der Waals surface area (Å²) in [6.07, 6.45) is 1.99. The predicted octanol–water partition coefficient (Wildman–Crippen LogP) is 1.58. The highest BCUT2D eigenvalue weighted by molar-refractivity contribution is 8.23. The molecule has 1 amide bonds. The predicted molar refractivity (Wildman–Crippen MR) is 82.4 cm³/mol. The number of esters is 1. The number of aliphatic hydroxyl groups is 1. The maximum absolute atomic E-state index is 12.0. The Hall–Kier alpha value is -0.660. The van der Waals surface area contributed by atoms with E-state index >= 15 is 0 Å². The highest BCUT2D eigenvalue weighted by Crippen LogP contribution is 2.30. The summed E-state index contributed by atoms with van der Waals surface area (Å²) in [4.78, 5) is 25.2. The number of nitrogens with zero attached hydrogens (tertiary/aromatic N) is 1. The van der Waals surface area contributed by atoms with Gasteiger partial charge in [0.05, 0.1) is 12.0 Å². The van der Waals surface area contributed by atoms with Crippen LogP contribution < -0.4 is 0 Å². The fourth-order valence-corrected chi connectivity index (χ4v) is 3.24. The Labute approximate surface area is 129 Å². The molecule has 0 spiro atoms. The number of thioether (sulfide) groups is 1. The molecule has 114 valence electrons. The van der Waals surface area contributed by atoms with Gasteiger partial charge in [0.15, 0.2) is 0 Å². The van der Waals surface area contributed by atoms with Crippen molar-refractivity contribution in [3.63, 3.8) is 0 Å². The zero-order chi connectivity index (χ0) is 15.2. The van der Waals surface area contributed by atoms with Crippen LogP contribution in [0.5, 0.6) is 0 Å². The number of amides is 1. The number of rotatable bonds is 6. The van der Waals surface area contributed by atoms with Gasteiger partial charge in [-0.15, -0.1) is 0 Å². The summed E-state index contributed by atoms with van der Waals surface area (Å²) in [7, 11) is 0. The third-order valence-corrected chi connectivity index (χ3v) is 5.23. The zero-order valence-electron chi connectivity index (χ0n) is 11.9. The van der Waals surface area contributed by atoms with E-state index in [0.29, 0.717) is 29.5 Å². The Kier molecular flexibility index (Phi) is 6.91. The van der Waals surface area contributed by atoms with Crippen molar-refractivity contribution in [1.29, 1.82) is 0 Å². The maximum atomic E-state index is 12.0. The van der Waals surface area contributed by atoms with E-state index in [0.717, 1.165) is 6.42 Å². The minimum absolute atomic E-state index is 0.00808. The van der Waals surface area contributed by atoms with Gasteiger partial charge in [0.25, 0.3) is 0 Å². The lowest BCUT2D eigenvalue weighted by Crippen LogP contribution is -2.35. The first-order chi connectivity index (χ1) is 9.44. The molecular weight excluding hydrogens is 298 g/mol. The Morgan fingerprint density at radius 2 is 2.30 bits per heavy atom. The molecule has 1 saturated heterocycles. The first-order valence-electron chi connectivity index (χ1n) is 6.70. The molecule has 1 rings (SSSR count). The van der Waals surface area contributed by atoms with Crippen LogP contribution in [0.15, 0.2) is 0 Å². The van der Waals surface area contributed by atoms with E-state index in [1.807, 2.05) is 13.8 Å². The minimum Gasteiger partial charge on any atom is -0.463 e. The van der Waals surface area contributed by atoms with Crippen LogP contribution in [0, 0.1) is 5.41 Å². The molecule has 1 fully saturated rings. The normalized spacial score (nSPS) is 17.9. The van der Waals surface area contributed by atoms with Crippen molar-refractivity contribution in [1.82, 2.24) is 4.90 Å². The van der Waals surface area contributed by atoms with Crippen molar-refractivity contribution in [3.05, 3.63) is 0 Å². The van der Waals surface area contributed by atoms with Crippen LogP contribution in [0.25, 0.3) is 0 Å². The maximum Gasteiger partial charge on any atom is 0.312 e. The van der Waals surface area contributed by atoms with E-state index in [4.69, 9.17) is 22.1 Å². The average molecular weight is 319 g/mol. The van der Waals surface area contributed by atoms with E-state index in [9.17, 15) is 9.59 Å². The van der Waals surface area contributed by atoms with Crippen LogP contribution in [0.1, 0.15) is 33.1 Å². The molecule has 1 aliphatic heterocycles. The van der Waals surface area contributed by atoms with Gasteiger partial charge in [0.1, 0.15) is 10.9 Å². The molecule has 1 heterocycles. The van der Waals surface area contributed by atoms with Gasteiger partial charge in [-0.3, -0.25) is 14.5 Å². The van der Waals surface area contributed by atoms with Crippen LogP contribution in [-0.4, -0.2) is 51.7 Å². The Bertz CT molecular complexity index is 389. The lowest BCUT2D eigenvalue weighted by molar-refractivity contribution is -0.154. The van der Waals surface area contributed by atoms with Gasteiger partial charge in [-0.05, 0) is 19.8 Å². The SMILES string of the molecule is CCC(C)(CSC(=S)N1CCCC1=O)C(=O)OCCO. The van der Waals surface area contributed by atoms with Gasteiger partial charge in [0.2, 0.25) is 5.91 Å². The molecule has 1 aliphatic rings. The average Bonchev–Trinajstić information content (AvgIpc) is 2.87. The molecule has 5 nitrogen and oxygen atoms in total. The minimum atomic E-state index is -0.660. The van der Waals surface area contributed by atoms with Crippen LogP contribution in [0.3, 0.4) is 0 Å². The summed E-state index contributed by atoms with van der Waals surface area (Å²) < 4.78 is 5.53. The zero-order valence-corrected chi connectivity index (χ0v) is 13.5. The van der Waals surface area contributed by atoms with E-state index in [1.54, 1.807) is 4.90 Å². The summed E-state index contributed by atoms with van der Waals surface area (Å²) in [6, 6.07) is 0. The number of ether oxygens (including phenoxy) is 1. The largest absolute Gasteiger partial charge is 0.463 e. The Morgan fingerprint density at radius 1 is 1.60 bits per heavy atom. The number of hydrogen-bond acceptors (Lipinski definition) is 6. The molecule has 20 heavy (non-hydrogen) atoms. The first kappa shape index (κ1) is 17.4. The quantitative estimate of drug-likeness (QED) is 0.592. The van der Waals surface area contributed by atoms with Gasteiger partial charge in [-0.2, -0.15) is 0 Å². The summed E-state index contributed by atoms with van der Waals surface area (Å²) in [6.45, 7) is 4.22. The molecule has 7 heteroatoms. The molecule has 0 aromatic heterocycles. The van der Waals surface area contributed by atoms with Gasteiger partial charge in [-0.25, -0.2) is 0 Å². The number of carbonyl (C=O) groups excluding carboxylic acids is 2. The third-order valence-electron chi connectivity index (χ3n) is 3.41. The molecule has 1 unspecified atom stereocenters. The standard InChI is InChI=1S/C13H21NO4S2/c1-3-13(2,11(17)18-8-7-15)9-20-12(19)14-6-4-5-10(14)16/h15H,3-9H2,1-2H3. The molecule has 1 atom stereocenters. The number of aliphatic hydroxyl groups excluding tert-OH is 1. The number of likely N-dealkylation sites (tertiary alicyclic amines) is 1. The van der Waals surface area contributed by atoms with Crippen LogP contribution in [0.4, 0.5) is 0 Å². The van der Waals surface area contributed by atoms with Gasteiger partial charge >= 0.3 is 5.97 Å². The third kappa shape index (κ3) is 4.43. The van der Waals surface area contributed by atoms with Gasteiger partial charge in [-0.1, -0.05) is 30.9 Å². The summed E-state index contributed by atoms with van der Waals surface area (Å²) >= 11 is 6.60. The lowest BCUT2D eigenvalue weighted by Gasteiger charge is -2.26. The lowest BCUT2D eigenvalue weighted by atomic mass is 9.90. The number of carbonyl (C=O) groups is 2. The molecule has 0 aliphatic carbocycles. The van der Waals surface area contributed by atoms with Crippen LogP contribution in [-0.2, 0) is 14.3 Å². The molecule has 1 N–H and O–H groups in total. The Morgan fingerprint density at radius 3 is 2.80 bits per heavy atom. The summed E-state index contributed by atoms with van der Waals surface area (Å²) in [5, 5.41) is 8.70. The van der Waals surface area contributed by atoms with Crippen molar-refractivity contribution in [2.75, 3.05) is 25.5 Å². The molecule has 0 aromatic rings. The van der Waals surface area contributed by atoms with Crippen molar-refractivity contribution >= 4 is 40.2 Å². The fraction of sp³-hybridized carbons (Fsp3) is 0.769. The van der Waals surface area contributed by atoms with E-state index in [-0.39, 0.29) is 25.1 Å². The van der Waals surface area contributed by atoms with E-state index in [1.165, 1.54) is 11.8 Å². The summed E-state index contributed by atoms with van der Waals surface area (Å²) in [5.41, 5.74) is -0.660. The van der Waals surface area contributed by atoms with E-state index in [2.05, 4.69) is 0 Å². The second-order valence-corrected chi connectivity index (χ2v) is 6.59. The highest BCUT2D eigenvalue weighted by Gasteiger charge is 2.34. The second kappa shape index (κ2) is 7.95. The molecule has 0 radical (unpaired) electrons. The fourth-order valence-electron chi connectivity index (χ4n) is 1.76. The second-order valence-electron chi connectivity index (χ2n) is 4.98. The molecule has 0 bridgehead atoms. The monoisotopic (exact) mass is 319 g/mol. The number of thiocarbonyl (C=S) groups is 1. The topological polar surface area (TPSA) is 66.8 Å².